The molecule has 5 heteroatoms. The van der Waals surface area contributed by atoms with E-state index in [-0.39, 0.29) is 22.8 Å². The quantitative estimate of drug-likeness (QED) is 0.413. The Morgan fingerprint density at radius 3 is 2.53 bits per heavy atom. The number of ketones is 1. The van der Waals surface area contributed by atoms with Gasteiger partial charge in [0.15, 0.2) is 5.78 Å². The Morgan fingerprint density at radius 1 is 1.03 bits per heavy atom. The molecule has 2 atom stereocenters. The van der Waals surface area contributed by atoms with Gasteiger partial charge in [-0.3, -0.25) is 4.79 Å². The summed E-state index contributed by atoms with van der Waals surface area (Å²) in [5.41, 5.74) is 0.659. The second kappa shape index (κ2) is 9.86. The van der Waals surface area contributed by atoms with Gasteiger partial charge in [0.1, 0.15) is 5.82 Å². The zero-order chi connectivity index (χ0) is 20.9. The molecular weight excluding hydrogens is 435 g/mol. The molecule has 152 valence electrons. The van der Waals surface area contributed by atoms with Gasteiger partial charge in [-0.05, 0) is 49.2 Å². The number of halogens is 2. The maximum Gasteiger partial charge on any atom is 0.170 e. The second-order valence-electron chi connectivity index (χ2n) is 7.08. The number of Topliss-reactive ketones (excluding diaryl/α,β-unsaturated/α-hetero) is 1. The Hall–Kier alpha value is -2.01. The maximum atomic E-state index is 13.0. The number of rotatable bonds is 6. The minimum atomic E-state index is -0.222. The van der Waals surface area contributed by atoms with Crippen LogP contribution in [0.25, 0.3) is 0 Å². The number of thioether (sulfide) groups is 2. The van der Waals surface area contributed by atoms with Gasteiger partial charge in [-0.2, -0.15) is 0 Å². The highest BCUT2D eigenvalue weighted by atomic mass is 35.5. The van der Waals surface area contributed by atoms with Crippen LogP contribution in [0.1, 0.15) is 23.2 Å². The first-order valence-electron chi connectivity index (χ1n) is 9.74. The van der Waals surface area contributed by atoms with E-state index < -0.39 is 0 Å². The lowest BCUT2D eigenvalue weighted by Crippen LogP contribution is -2.13. The van der Waals surface area contributed by atoms with Gasteiger partial charge in [-0.15, -0.1) is 11.8 Å². The van der Waals surface area contributed by atoms with Gasteiger partial charge in [-0.25, -0.2) is 4.39 Å². The van der Waals surface area contributed by atoms with E-state index in [4.69, 9.17) is 11.6 Å². The first-order valence-corrected chi connectivity index (χ1v) is 11.8. The lowest BCUT2D eigenvalue weighted by Gasteiger charge is -2.17. The van der Waals surface area contributed by atoms with Crippen LogP contribution in [0.3, 0.4) is 0 Å². The van der Waals surface area contributed by atoms with Crippen LogP contribution < -0.4 is 0 Å². The second-order valence-corrected chi connectivity index (χ2v) is 9.91. The molecule has 2 aliphatic carbocycles. The molecule has 0 fully saturated rings. The van der Waals surface area contributed by atoms with Crippen LogP contribution in [0, 0.1) is 11.7 Å². The maximum absolute atomic E-state index is 13.0. The fourth-order valence-corrected chi connectivity index (χ4v) is 5.46. The first-order chi connectivity index (χ1) is 14.6. The van der Waals surface area contributed by atoms with Gasteiger partial charge in [0.2, 0.25) is 0 Å². The largest absolute Gasteiger partial charge is 0.294 e. The topological polar surface area (TPSA) is 17.1 Å². The van der Waals surface area contributed by atoms with Crippen molar-refractivity contribution >= 4 is 40.9 Å². The number of allylic oxidation sites excluding steroid dienone is 6. The smallest absolute Gasteiger partial charge is 0.170 e. The highest BCUT2D eigenvalue weighted by molar-refractivity contribution is 8.03. The molecule has 0 aromatic heterocycles. The van der Waals surface area contributed by atoms with Gasteiger partial charge >= 0.3 is 0 Å². The molecule has 0 saturated heterocycles. The fourth-order valence-electron chi connectivity index (χ4n) is 3.28. The molecule has 2 aliphatic rings. The molecule has 4 rings (SSSR count). The van der Waals surface area contributed by atoms with Crippen LogP contribution in [0.5, 0.6) is 0 Å². The lowest BCUT2D eigenvalue weighted by atomic mass is 9.92. The highest BCUT2D eigenvalue weighted by Crippen LogP contribution is 2.38. The SMILES string of the molecule is O=C(c1ccc(SC2C=CC(Sc3ccc(F)cc3)=CC2)c(Cl)c1)C1C=CC=CC1. The van der Waals surface area contributed by atoms with Crippen molar-refractivity contribution in [3.63, 3.8) is 0 Å². The van der Waals surface area contributed by atoms with Crippen LogP contribution in [-0.2, 0) is 0 Å². The summed E-state index contributed by atoms with van der Waals surface area (Å²) in [6.07, 6.45) is 15.9. The Balaban J connectivity index is 1.36. The van der Waals surface area contributed by atoms with E-state index in [1.165, 1.54) is 12.1 Å². The van der Waals surface area contributed by atoms with Gasteiger partial charge in [-0.1, -0.05) is 72.0 Å². The van der Waals surface area contributed by atoms with Crippen LogP contribution in [0.15, 0.2) is 99.7 Å². The van der Waals surface area contributed by atoms with E-state index >= 15 is 0 Å². The van der Waals surface area contributed by atoms with Crippen molar-refractivity contribution in [1.29, 1.82) is 0 Å². The molecule has 0 radical (unpaired) electrons. The minimum Gasteiger partial charge on any atom is -0.294 e. The molecule has 1 nitrogen and oxygen atoms in total. The van der Waals surface area contributed by atoms with E-state index in [2.05, 4.69) is 18.2 Å². The van der Waals surface area contributed by atoms with Crippen molar-refractivity contribution < 1.29 is 9.18 Å². The van der Waals surface area contributed by atoms with Gasteiger partial charge < -0.3 is 0 Å². The normalized spacial score (nSPS) is 20.3. The predicted molar refractivity (Wildman–Crippen MR) is 126 cm³/mol. The molecular formula is C25H20ClFOS2. The standard InChI is InChI=1S/C25H20ClFOS2/c26-23-16-18(25(28)17-4-2-1-3-5-17)6-15-24(23)30-22-13-11-21(12-14-22)29-20-9-7-19(27)8-10-20/h1-4,6-13,15-17,22H,5,14H2. The van der Waals surface area contributed by atoms with E-state index in [9.17, 15) is 9.18 Å². The van der Waals surface area contributed by atoms with E-state index in [1.807, 2.05) is 36.4 Å². The van der Waals surface area contributed by atoms with E-state index in [0.717, 1.165) is 27.5 Å². The third-order valence-corrected chi connectivity index (χ3v) is 7.62. The first kappa shape index (κ1) is 21.2. The Bertz CT molecular complexity index is 1050. The van der Waals surface area contributed by atoms with Crippen molar-refractivity contribution in [3.8, 4) is 0 Å². The molecule has 0 amide bonds. The molecule has 0 bridgehead atoms. The predicted octanol–water partition coefficient (Wildman–Crippen LogP) is 7.89. The van der Waals surface area contributed by atoms with E-state index in [1.54, 1.807) is 41.7 Å². The molecule has 0 saturated carbocycles. The fraction of sp³-hybridized carbons (Fsp3) is 0.160. The van der Waals surface area contributed by atoms with Crippen molar-refractivity contribution in [2.45, 2.75) is 27.9 Å². The van der Waals surface area contributed by atoms with Crippen molar-refractivity contribution in [3.05, 3.63) is 106 Å². The lowest BCUT2D eigenvalue weighted by molar-refractivity contribution is 0.0945. The molecule has 0 spiro atoms. The minimum absolute atomic E-state index is 0.104. The number of carbonyl (C=O) groups excluding carboxylic acids is 1. The summed E-state index contributed by atoms with van der Waals surface area (Å²) in [7, 11) is 0. The van der Waals surface area contributed by atoms with Crippen LogP contribution in [-0.4, -0.2) is 11.0 Å². The molecule has 30 heavy (non-hydrogen) atoms. The molecule has 2 unspecified atom stereocenters. The van der Waals surface area contributed by atoms with Gasteiger partial charge in [0, 0.05) is 31.4 Å². The summed E-state index contributed by atoms with van der Waals surface area (Å²) in [5, 5.41) is 0.901. The summed E-state index contributed by atoms with van der Waals surface area (Å²) in [6, 6.07) is 12.1. The van der Waals surface area contributed by atoms with Crippen molar-refractivity contribution in [2.75, 3.05) is 0 Å². The summed E-state index contributed by atoms with van der Waals surface area (Å²) < 4.78 is 13.0. The zero-order valence-corrected chi connectivity index (χ0v) is 18.5. The Morgan fingerprint density at radius 2 is 1.87 bits per heavy atom. The summed E-state index contributed by atoms with van der Waals surface area (Å²) in [6.45, 7) is 0. The summed E-state index contributed by atoms with van der Waals surface area (Å²) in [5.74, 6) is -0.217. The van der Waals surface area contributed by atoms with Crippen molar-refractivity contribution in [1.82, 2.24) is 0 Å². The molecule has 0 aliphatic heterocycles. The number of hydrogen-bond acceptors (Lipinski definition) is 3. The third kappa shape index (κ3) is 5.37. The number of benzene rings is 2. The molecule has 2 aromatic rings. The Labute approximate surface area is 189 Å². The molecule has 2 aromatic carbocycles. The monoisotopic (exact) mass is 454 g/mol. The zero-order valence-electron chi connectivity index (χ0n) is 16.1. The van der Waals surface area contributed by atoms with Gasteiger partial charge in [0.05, 0.1) is 5.02 Å². The number of hydrogen-bond donors (Lipinski definition) is 0. The summed E-state index contributed by atoms with van der Waals surface area (Å²) >= 11 is 9.83. The average molecular weight is 455 g/mol. The Kier molecular flexibility index (Phi) is 6.98. The van der Waals surface area contributed by atoms with Gasteiger partial charge in [0.25, 0.3) is 0 Å². The average Bonchev–Trinajstić information content (AvgIpc) is 2.78. The van der Waals surface area contributed by atoms with E-state index in [0.29, 0.717) is 10.6 Å². The number of carbonyl (C=O) groups is 1. The van der Waals surface area contributed by atoms with Crippen LogP contribution >= 0.6 is 35.1 Å². The molecule has 0 N–H and O–H groups in total. The van der Waals surface area contributed by atoms with Crippen LogP contribution in [0.2, 0.25) is 5.02 Å². The molecule has 0 heterocycles. The third-order valence-electron chi connectivity index (χ3n) is 4.89. The highest BCUT2D eigenvalue weighted by Gasteiger charge is 2.19. The van der Waals surface area contributed by atoms with Crippen LogP contribution in [0.4, 0.5) is 4.39 Å². The van der Waals surface area contributed by atoms with Crippen molar-refractivity contribution in [2.24, 2.45) is 5.92 Å². The summed E-state index contributed by atoms with van der Waals surface area (Å²) in [4.78, 5) is 15.8.